The quantitative estimate of drug-likeness (QED) is 0.611. The van der Waals surface area contributed by atoms with Gasteiger partial charge in [-0.2, -0.15) is 0 Å². The minimum absolute atomic E-state index is 0.0385. The molecule has 0 fully saturated rings. The normalized spacial score (nSPS) is 10.9. The highest BCUT2D eigenvalue weighted by molar-refractivity contribution is 5.75. The maximum Gasteiger partial charge on any atom is 0.220 e. The highest BCUT2D eigenvalue weighted by Gasteiger charge is 2.12. The summed E-state index contributed by atoms with van der Waals surface area (Å²) in [6.07, 6.45) is 2.86. The molecular weight excluding hydrogens is 250 g/mol. The van der Waals surface area contributed by atoms with E-state index in [0.717, 1.165) is 5.75 Å². The predicted octanol–water partition coefficient (Wildman–Crippen LogP) is 3.45. The summed E-state index contributed by atoms with van der Waals surface area (Å²) < 4.78 is 5.63. The molecule has 1 aromatic carbocycles. The van der Waals surface area contributed by atoms with Gasteiger partial charge < -0.3 is 10.1 Å². The van der Waals surface area contributed by atoms with Crippen molar-refractivity contribution in [2.24, 2.45) is 0 Å². The lowest BCUT2D eigenvalue weighted by atomic mass is 9.87. The molecule has 0 radical (unpaired) electrons. The van der Waals surface area contributed by atoms with Gasteiger partial charge in [-0.05, 0) is 29.5 Å². The molecule has 3 nitrogen and oxygen atoms in total. The third-order valence-corrected chi connectivity index (χ3v) is 2.98. The largest absolute Gasteiger partial charge is 0.494 e. The molecule has 20 heavy (non-hydrogen) atoms. The van der Waals surface area contributed by atoms with E-state index in [-0.39, 0.29) is 11.3 Å². The van der Waals surface area contributed by atoms with Crippen LogP contribution in [-0.2, 0) is 10.2 Å². The molecule has 0 spiro atoms. The first-order valence-corrected chi connectivity index (χ1v) is 7.04. The van der Waals surface area contributed by atoms with Crippen LogP contribution >= 0.6 is 0 Å². The molecule has 1 rings (SSSR count). The van der Waals surface area contributed by atoms with Crippen LogP contribution in [-0.4, -0.2) is 19.1 Å². The fourth-order valence-corrected chi connectivity index (χ4v) is 1.75. The van der Waals surface area contributed by atoms with Crippen LogP contribution in [0.5, 0.6) is 5.75 Å². The molecule has 0 saturated heterocycles. The number of carbonyl (C=O) groups excluding carboxylic acids is 1. The van der Waals surface area contributed by atoms with Crippen molar-refractivity contribution in [2.45, 2.75) is 39.0 Å². The average Bonchev–Trinajstić information content (AvgIpc) is 2.41. The number of hydrogen-bond acceptors (Lipinski definition) is 2. The lowest BCUT2D eigenvalue weighted by Crippen LogP contribution is -2.23. The summed E-state index contributed by atoms with van der Waals surface area (Å²) in [6, 6.07) is 8.15. The van der Waals surface area contributed by atoms with Crippen LogP contribution in [0.4, 0.5) is 0 Å². The lowest BCUT2D eigenvalue weighted by molar-refractivity contribution is -0.121. The van der Waals surface area contributed by atoms with E-state index in [1.165, 1.54) is 5.56 Å². The predicted molar refractivity (Wildman–Crippen MR) is 83.1 cm³/mol. The zero-order valence-corrected chi connectivity index (χ0v) is 12.7. The van der Waals surface area contributed by atoms with E-state index in [9.17, 15) is 4.79 Å². The molecular formula is C17H25NO2. The second-order valence-electron chi connectivity index (χ2n) is 5.82. The van der Waals surface area contributed by atoms with Crippen LogP contribution in [0.3, 0.4) is 0 Å². The Kier molecular flexibility index (Phi) is 6.29. The molecule has 3 heteroatoms. The van der Waals surface area contributed by atoms with Gasteiger partial charge in [0.25, 0.3) is 0 Å². The van der Waals surface area contributed by atoms with Gasteiger partial charge in [-0.25, -0.2) is 0 Å². The third kappa shape index (κ3) is 5.91. The Balaban J connectivity index is 2.29. The van der Waals surface area contributed by atoms with Crippen molar-refractivity contribution in [3.63, 3.8) is 0 Å². The number of benzene rings is 1. The Morgan fingerprint density at radius 2 is 1.95 bits per heavy atom. The van der Waals surface area contributed by atoms with E-state index in [2.05, 4.69) is 44.8 Å². The van der Waals surface area contributed by atoms with Gasteiger partial charge in [0.05, 0.1) is 6.61 Å². The van der Waals surface area contributed by atoms with E-state index >= 15 is 0 Å². The number of rotatable bonds is 7. The number of nitrogens with one attached hydrogen (secondary N) is 1. The van der Waals surface area contributed by atoms with Crippen molar-refractivity contribution in [1.82, 2.24) is 5.32 Å². The summed E-state index contributed by atoms with van der Waals surface area (Å²) in [7, 11) is 0. The van der Waals surface area contributed by atoms with Gasteiger partial charge in [0.15, 0.2) is 0 Å². The summed E-state index contributed by atoms with van der Waals surface area (Å²) in [4.78, 5) is 11.4. The minimum Gasteiger partial charge on any atom is -0.494 e. The average molecular weight is 275 g/mol. The number of ether oxygens (including phenoxy) is 1. The summed E-state index contributed by atoms with van der Waals surface area (Å²) in [5.74, 6) is 0.890. The lowest BCUT2D eigenvalue weighted by Gasteiger charge is -2.19. The number of amides is 1. The van der Waals surface area contributed by atoms with Crippen LogP contribution in [0.2, 0.25) is 0 Å². The highest BCUT2D eigenvalue weighted by atomic mass is 16.5. The highest BCUT2D eigenvalue weighted by Crippen LogP contribution is 2.24. The zero-order valence-electron chi connectivity index (χ0n) is 12.7. The van der Waals surface area contributed by atoms with Crippen LogP contribution in [0.25, 0.3) is 0 Å². The fraction of sp³-hybridized carbons (Fsp3) is 0.471. The molecule has 0 aliphatic carbocycles. The molecule has 0 heterocycles. The molecule has 0 bridgehead atoms. The smallest absolute Gasteiger partial charge is 0.220 e. The minimum atomic E-state index is 0.0385. The Morgan fingerprint density at radius 3 is 2.50 bits per heavy atom. The number of carbonyl (C=O) groups is 1. The summed E-state index contributed by atoms with van der Waals surface area (Å²) in [5.41, 5.74) is 1.44. The van der Waals surface area contributed by atoms with Gasteiger partial charge in [-0.15, -0.1) is 6.58 Å². The van der Waals surface area contributed by atoms with Crippen LogP contribution in [0, 0.1) is 0 Å². The molecule has 0 aliphatic heterocycles. The van der Waals surface area contributed by atoms with E-state index in [4.69, 9.17) is 4.74 Å². The maximum atomic E-state index is 11.4. The molecule has 110 valence electrons. The standard InChI is InChI=1S/C17H25NO2/c1-5-12-18-16(19)7-6-13-20-15-10-8-14(9-11-15)17(2,3)4/h5,8-11H,1,6-7,12-13H2,2-4H3,(H,18,19). The second-order valence-corrected chi connectivity index (χ2v) is 5.82. The molecule has 0 aromatic heterocycles. The molecule has 1 N–H and O–H groups in total. The van der Waals surface area contributed by atoms with E-state index in [1.54, 1.807) is 6.08 Å². The first kappa shape index (κ1) is 16.3. The molecule has 0 unspecified atom stereocenters. The molecule has 1 aromatic rings. The van der Waals surface area contributed by atoms with E-state index in [1.807, 2.05) is 12.1 Å². The molecule has 0 atom stereocenters. The van der Waals surface area contributed by atoms with E-state index in [0.29, 0.717) is 26.0 Å². The third-order valence-electron chi connectivity index (χ3n) is 2.98. The van der Waals surface area contributed by atoms with Gasteiger partial charge >= 0.3 is 0 Å². The topological polar surface area (TPSA) is 38.3 Å². The van der Waals surface area contributed by atoms with Crippen molar-refractivity contribution in [2.75, 3.05) is 13.2 Å². The fourth-order valence-electron chi connectivity index (χ4n) is 1.75. The first-order valence-electron chi connectivity index (χ1n) is 7.04. The Hall–Kier alpha value is -1.77. The first-order chi connectivity index (χ1) is 9.43. The van der Waals surface area contributed by atoms with Crippen molar-refractivity contribution in [3.8, 4) is 5.75 Å². The molecule has 0 aliphatic rings. The van der Waals surface area contributed by atoms with Crippen molar-refractivity contribution < 1.29 is 9.53 Å². The molecule has 0 saturated carbocycles. The van der Waals surface area contributed by atoms with Gasteiger partial charge in [-0.1, -0.05) is 39.0 Å². The Morgan fingerprint density at radius 1 is 1.30 bits per heavy atom. The van der Waals surface area contributed by atoms with Crippen LogP contribution in [0.1, 0.15) is 39.2 Å². The van der Waals surface area contributed by atoms with Gasteiger partial charge in [0.1, 0.15) is 5.75 Å². The van der Waals surface area contributed by atoms with Crippen LogP contribution in [0.15, 0.2) is 36.9 Å². The van der Waals surface area contributed by atoms with Crippen molar-refractivity contribution in [3.05, 3.63) is 42.5 Å². The SMILES string of the molecule is C=CCNC(=O)CCCOc1ccc(C(C)(C)C)cc1. The van der Waals surface area contributed by atoms with Crippen molar-refractivity contribution >= 4 is 5.91 Å². The zero-order chi connectivity index (χ0) is 15.0. The molecule has 1 amide bonds. The summed E-state index contributed by atoms with van der Waals surface area (Å²) in [5, 5.41) is 2.74. The Bertz CT molecular complexity index is 429. The van der Waals surface area contributed by atoms with Crippen LogP contribution < -0.4 is 10.1 Å². The summed E-state index contributed by atoms with van der Waals surface area (Å²) >= 11 is 0. The summed E-state index contributed by atoms with van der Waals surface area (Å²) in [6.45, 7) is 11.2. The van der Waals surface area contributed by atoms with Gasteiger partial charge in [0.2, 0.25) is 5.91 Å². The number of hydrogen-bond donors (Lipinski definition) is 1. The van der Waals surface area contributed by atoms with Gasteiger partial charge in [0, 0.05) is 13.0 Å². The van der Waals surface area contributed by atoms with Gasteiger partial charge in [-0.3, -0.25) is 4.79 Å². The second kappa shape index (κ2) is 7.73. The van der Waals surface area contributed by atoms with E-state index < -0.39 is 0 Å². The Labute approximate surface area is 122 Å². The monoisotopic (exact) mass is 275 g/mol. The maximum absolute atomic E-state index is 11.4. The van der Waals surface area contributed by atoms with Crippen molar-refractivity contribution in [1.29, 1.82) is 0 Å².